The monoisotopic (exact) mass is 389 g/mol. The van der Waals surface area contributed by atoms with Crippen molar-refractivity contribution in [3.8, 4) is 0 Å². The van der Waals surface area contributed by atoms with E-state index in [9.17, 15) is 9.90 Å². The molecule has 2 aliphatic rings. The number of carbonyl (C=O) groups is 1. The summed E-state index contributed by atoms with van der Waals surface area (Å²) in [4.78, 5) is 17.5. The van der Waals surface area contributed by atoms with E-state index in [2.05, 4.69) is 21.9 Å². The fraction of sp³-hybridized carbons (Fsp3) is 0.682. The first kappa shape index (κ1) is 20.9. The quantitative estimate of drug-likeness (QED) is 0.782. The van der Waals surface area contributed by atoms with Crippen LogP contribution >= 0.6 is 0 Å². The molecule has 2 aliphatic heterocycles. The third kappa shape index (κ3) is 5.39. The van der Waals surface area contributed by atoms with Crippen LogP contribution in [0.2, 0.25) is 0 Å². The average molecular weight is 390 g/mol. The van der Waals surface area contributed by atoms with Gasteiger partial charge in [0.25, 0.3) is 0 Å². The number of hydrogen-bond donors (Lipinski definition) is 2. The molecule has 2 heterocycles. The van der Waals surface area contributed by atoms with Crippen LogP contribution in [-0.4, -0.2) is 71.9 Å². The van der Waals surface area contributed by atoms with Gasteiger partial charge in [-0.15, -0.1) is 0 Å². The maximum Gasteiger partial charge on any atom is 0.407 e. The molecule has 156 valence electrons. The zero-order valence-electron chi connectivity index (χ0n) is 17.3. The van der Waals surface area contributed by atoms with Gasteiger partial charge < -0.3 is 20.0 Å². The Kier molecular flexibility index (Phi) is 7.18. The number of piperazine rings is 1. The van der Waals surface area contributed by atoms with Gasteiger partial charge in [0.1, 0.15) is 0 Å². The van der Waals surface area contributed by atoms with Gasteiger partial charge in [-0.05, 0) is 55.3 Å². The van der Waals surface area contributed by atoms with E-state index in [0.29, 0.717) is 19.0 Å². The van der Waals surface area contributed by atoms with Crippen LogP contribution in [0.3, 0.4) is 0 Å². The van der Waals surface area contributed by atoms with Gasteiger partial charge in [0, 0.05) is 45.0 Å². The molecule has 0 aliphatic carbocycles. The highest BCUT2D eigenvalue weighted by Gasteiger charge is 2.24. The Bertz CT molecular complexity index is 636. The van der Waals surface area contributed by atoms with Crippen molar-refractivity contribution in [3.63, 3.8) is 0 Å². The molecule has 1 aromatic carbocycles. The molecule has 0 spiro atoms. The molecule has 0 radical (unpaired) electrons. The van der Waals surface area contributed by atoms with Crippen LogP contribution < -0.4 is 4.90 Å². The average Bonchev–Trinajstić information content (AvgIpc) is 2.72. The number of likely N-dealkylation sites (tertiary alicyclic amines) is 1. The minimum absolute atomic E-state index is 0.217. The molecule has 3 rings (SSSR count). The van der Waals surface area contributed by atoms with E-state index in [1.54, 1.807) is 4.90 Å². The van der Waals surface area contributed by atoms with Crippen LogP contribution in [0.5, 0.6) is 0 Å². The summed E-state index contributed by atoms with van der Waals surface area (Å²) in [5.74, 6) is 0.872. The van der Waals surface area contributed by atoms with Crippen LogP contribution in [0.4, 0.5) is 10.5 Å². The second kappa shape index (κ2) is 9.61. The van der Waals surface area contributed by atoms with Crippen LogP contribution in [-0.2, 0) is 0 Å². The Hall–Kier alpha value is -1.79. The first-order valence-electron chi connectivity index (χ1n) is 10.7. The molecular weight excluding hydrogens is 354 g/mol. The van der Waals surface area contributed by atoms with Crippen LogP contribution in [0, 0.1) is 11.8 Å². The van der Waals surface area contributed by atoms with Crippen molar-refractivity contribution in [3.05, 3.63) is 29.8 Å². The van der Waals surface area contributed by atoms with Crippen molar-refractivity contribution in [2.75, 3.05) is 50.7 Å². The largest absolute Gasteiger partial charge is 0.465 e. The highest BCUT2D eigenvalue weighted by atomic mass is 16.4. The van der Waals surface area contributed by atoms with Gasteiger partial charge in [-0.3, -0.25) is 4.90 Å². The van der Waals surface area contributed by atoms with E-state index in [1.807, 2.05) is 26.0 Å². The number of carboxylic acid groups (broad SMARTS) is 1. The van der Waals surface area contributed by atoms with E-state index in [0.717, 1.165) is 51.1 Å². The molecule has 0 aromatic heterocycles. The second-order valence-electron chi connectivity index (χ2n) is 8.61. The first-order chi connectivity index (χ1) is 13.4. The minimum atomic E-state index is -0.778. The maximum atomic E-state index is 11.0. The van der Waals surface area contributed by atoms with Crippen LogP contribution in [0.15, 0.2) is 24.3 Å². The summed E-state index contributed by atoms with van der Waals surface area (Å²) >= 11 is 0. The second-order valence-corrected chi connectivity index (χ2v) is 8.61. The molecule has 0 bridgehead atoms. The first-order valence-corrected chi connectivity index (χ1v) is 10.7. The normalized spacial score (nSPS) is 20.6. The van der Waals surface area contributed by atoms with Gasteiger partial charge in [-0.2, -0.15) is 0 Å². The van der Waals surface area contributed by atoms with Crippen molar-refractivity contribution in [2.45, 2.75) is 39.2 Å². The van der Waals surface area contributed by atoms with Gasteiger partial charge in [-0.1, -0.05) is 26.0 Å². The molecule has 2 saturated heterocycles. The standard InChI is InChI=1S/C22H35N3O3/c1-17(2)21(26)19-4-3-5-20(16-19)24-14-12-23(13-15-24)9-6-18-7-10-25(11-8-18)22(27)28/h3-5,16-18,21,26H,6-15H2,1-2H3,(H,27,28). The fourth-order valence-corrected chi connectivity index (χ4v) is 4.30. The Morgan fingerprint density at radius 3 is 2.39 bits per heavy atom. The van der Waals surface area contributed by atoms with E-state index < -0.39 is 12.2 Å². The smallest absolute Gasteiger partial charge is 0.407 e. The van der Waals surface area contributed by atoms with Crippen molar-refractivity contribution < 1.29 is 15.0 Å². The third-order valence-corrected chi connectivity index (χ3v) is 6.32. The lowest BCUT2D eigenvalue weighted by molar-refractivity contribution is 0.119. The molecule has 1 unspecified atom stereocenters. The summed E-state index contributed by atoms with van der Waals surface area (Å²) in [6.07, 6.45) is 1.98. The summed E-state index contributed by atoms with van der Waals surface area (Å²) in [6, 6.07) is 8.34. The predicted molar refractivity (Wildman–Crippen MR) is 112 cm³/mol. The molecule has 1 aromatic rings. The molecule has 0 saturated carbocycles. The van der Waals surface area contributed by atoms with E-state index in [4.69, 9.17) is 5.11 Å². The number of piperidine rings is 1. The predicted octanol–water partition coefficient (Wildman–Crippen LogP) is 3.28. The lowest BCUT2D eigenvalue weighted by Gasteiger charge is -2.37. The van der Waals surface area contributed by atoms with E-state index in [-0.39, 0.29) is 5.92 Å². The summed E-state index contributed by atoms with van der Waals surface area (Å²) < 4.78 is 0. The molecule has 2 N–H and O–H groups in total. The lowest BCUT2D eigenvalue weighted by atomic mass is 9.93. The van der Waals surface area contributed by atoms with Gasteiger partial charge in [-0.25, -0.2) is 4.79 Å². The van der Waals surface area contributed by atoms with Gasteiger partial charge in [0.15, 0.2) is 0 Å². The van der Waals surface area contributed by atoms with Gasteiger partial charge in [0.2, 0.25) is 0 Å². The maximum absolute atomic E-state index is 11.0. The SMILES string of the molecule is CC(C)C(O)c1cccc(N2CCN(CCC3CCN(C(=O)O)CC3)CC2)c1. The van der Waals surface area contributed by atoms with Gasteiger partial charge >= 0.3 is 6.09 Å². The van der Waals surface area contributed by atoms with Crippen molar-refractivity contribution in [1.82, 2.24) is 9.80 Å². The fourth-order valence-electron chi connectivity index (χ4n) is 4.30. The Morgan fingerprint density at radius 1 is 1.11 bits per heavy atom. The number of benzene rings is 1. The number of aliphatic hydroxyl groups is 1. The zero-order chi connectivity index (χ0) is 20.1. The molecule has 2 fully saturated rings. The van der Waals surface area contributed by atoms with Crippen molar-refractivity contribution in [2.24, 2.45) is 11.8 Å². The summed E-state index contributed by atoms with van der Waals surface area (Å²) in [7, 11) is 0. The number of anilines is 1. The summed E-state index contributed by atoms with van der Waals surface area (Å²) in [6.45, 7) is 10.7. The Morgan fingerprint density at radius 2 is 1.79 bits per heavy atom. The van der Waals surface area contributed by atoms with Crippen molar-refractivity contribution in [1.29, 1.82) is 0 Å². The van der Waals surface area contributed by atoms with Gasteiger partial charge in [0.05, 0.1) is 6.10 Å². The van der Waals surface area contributed by atoms with Crippen molar-refractivity contribution >= 4 is 11.8 Å². The summed E-state index contributed by atoms with van der Waals surface area (Å²) in [5, 5.41) is 19.4. The molecule has 1 atom stereocenters. The number of aliphatic hydroxyl groups excluding tert-OH is 1. The van der Waals surface area contributed by atoms with Crippen LogP contribution in [0.1, 0.15) is 44.8 Å². The Balaban J connectivity index is 1.43. The third-order valence-electron chi connectivity index (χ3n) is 6.32. The topological polar surface area (TPSA) is 67.2 Å². The molecular formula is C22H35N3O3. The number of hydrogen-bond acceptors (Lipinski definition) is 4. The number of nitrogens with zero attached hydrogens (tertiary/aromatic N) is 3. The molecule has 6 nitrogen and oxygen atoms in total. The summed E-state index contributed by atoms with van der Waals surface area (Å²) in [5.41, 5.74) is 2.21. The van der Waals surface area contributed by atoms with E-state index in [1.165, 1.54) is 12.1 Å². The number of rotatable bonds is 6. The molecule has 6 heteroatoms. The molecule has 1 amide bonds. The molecule has 28 heavy (non-hydrogen) atoms. The highest BCUT2D eigenvalue weighted by Crippen LogP contribution is 2.26. The minimum Gasteiger partial charge on any atom is -0.465 e. The highest BCUT2D eigenvalue weighted by molar-refractivity contribution is 5.64. The van der Waals surface area contributed by atoms with E-state index >= 15 is 0 Å². The Labute approximate surface area is 168 Å². The van der Waals surface area contributed by atoms with Crippen LogP contribution in [0.25, 0.3) is 0 Å². The lowest BCUT2D eigenvalue weighted by Crippen LogP contribution is -2.47. The zero-order valence-corrected chi connectivity index (χ0v) is 17.3. The number of amides is 1.